The number of aromatic nitrogens is 2. The quantitative estimate of drug-likeness (QED) is 0.611. The van der Waals surface area contributed by atoms with E-state index < -0.39 is 9.84 Å². The van der Waals surface area contributed by atoms with E-state index in [1.54, 1.807) is 51.9 Å². The molecule has 0 radical (unpaired) electrons. The molecule has 2 amide bonds. The maximum Gasteiger partial charge on any atom is 0.344 e. The fourth-order valence-electron chi connectivity index (χ4n) is 4.42. The van der Waals surface area contributed by atoms with Crippen molar-refractivity contribution in [2.24, 2.45) is 0 Å². The van der Waals surface area contributed by atoms with Crippen LogP contribution in [0.1, 0.15) is 23.5 Å². The first-order valence-corrected chi connectivity index (χ1v) is 13.0. The van der Waals surface area contributed by atoms with E-state index in [-0.39, 0.29) is 35.6 Å². The molecule has 0 bridgehead atoms. The van der Waals surface area contributed by atoms with Crippen LogP contribution in [0.4, 0.5) is 4.79 Å². The number of hydrogen-bond donors (Lipinski definition) is 0. The Balaban J connectivity index is 1.15. The van der Waals surface area contributed by atoms with Crippen LogP contribution < -0.4 is 4.74 Å². The fraction of sp³-hybridized carbons (Fsp3) is 0.409. The number of hydrazine groups is 1. The van der Waals surface area contributed by atoms with E-state index in [2.05, 4.69) is 4.98 Å². The molecule has 0 spiro atoms. The second-order valence-electron chi connectivity index (χ2n) is 8.46. The lowest BCUT2D eigenvalue weighted by Crippen LogP contribution is -2.55. The molecule has 0 saturated carbocycles. The molecule has 1 aromatic heterocycles. The van der Waals surface area contributed by atoms with Gasteiger partial charge in [0.2, 0.25) is 5.91 Å². The van der Waals surface area contributed by atoms with Gasteiger partial charge in [0.25, 0.3) is 0 Å². The lowest BCUT2D eigenvalue weighted by molar-refractivity contribution is -0.134. The number of imidazole rings is 1. The number of piperazine rings is 1. The van der Waals surface area contributed by atoms with Crippen LogP contribution in [0.5, 0.6) is 5.75 Å². The molecule has 0 unspecified atom stereocenters. The highest BCUT2D eigenvalue weighted by Gasteiger charge is 2.35. The van der Waals surface area contributed by atoms with Crippen molar-refractivity contribution in [3.63, 3.8) is 0 Å². The minimum atomic E-state index is -3.65. The van der Waals surface area contributed by atoms with Crippen molar-refractivity contribution in [3.8, 4) is 5.75 Å². The number of amides is 2. The van der Waals surface area contributed by atoms with Gasteiger partial charge in [-0.05, 0) is 31.2 Å². The third-order valence-electron chi connectivity index (χ3n) is 6.33. The third-order valence-corrected chi connectivity index (χ3v) is 8.34. The maximum atomic E-state index is 12.8. The Labute approximate surface area is 202 Å². The number of aryl methyl sites for hydroxylation is 1. The predicted molar refractivity (Wildman–Crippen MR) is 125 cm³/mol. The third kappa shape index (κ3) is 4.19. The van der Waals surface area contributed by atoms with Crippen molar-refractivity contribution < 1.29 is 22.7 Å². The van der Waals surface area contributed by atoms with E-state index in [4.69, 9.17) is 16.3 Å². The zero-order valence-electron chi connectivity index (χ0n) is 18.6. The largest absolute Gasteiger partial charge is 0.487 e. The maximum absolute atomic E-state index is 12.8. The average Bonchev–Trinajstić information content (AvgIpc) is 3.36. The first-order chi connectivity index (χ1) is 16.2. The Kier molecular flexibility index (Phi) is 5.86. The number of benzene rings is 1. The Hall–Kier alpha value is -2.89. The van der Waals surface area contributed by atoms with Crippen LogP contribution in [0.15, 0.2) is 29.3 Å². The summed E-state index contributed by atoms with van der Waals surface area (Å²) in [6, 6.07) is 4.88. The smallest absolute Gasteiger partial charge is 0.344 e. The normalized spacial score (nSPS) is 18.4. The number of halogens is 1. The minimum Gasteiger partial charge on any atom is -0.487 e. The highest BCUT2D eigenvalue weighted by molar-refractivity contribution is 7.95. The molecule has 4 heterocycles. The Morgan fingerprint density at radius 2 is 1.97 bits per heavy atom. The molecule has 1 fully saturated rings. The highest BCUT2D eigenvalue weighted by Crippen LogP contribution is 2.31. The molecule has 3 aliphatic rings. The number of carbonyl (C=O) groups excluding carboxylic acids is 2. The van der Waals surface area contributed by atoms with Crippen molar-refractivity contribution in [3.05, 3.63) is 51.4 Å². The molecular formula is C22H24ClN5O5S. The van der Waals surface area contributed by atoms with Crippen LogP contribution in [0.3, 0.4) is 0 Å². The van der Waals surface area contributed by atoms with Crippen molar-refractivity contribution in [2.45, 2.75) is 19.9 Å². The molecule has 0 aliphatic carbocycles. The summed E-state index contributed by atoms with van der Waals surface area (Å²) in [7, 11) is -3.65. The van der Waals surface area contributed by atoms with E-state index in [0.29, 0.717) is 54.9 Å². The van der Waals surface area contributed by atoms with Gasteiger partial charge in [0, 0.05) is 43.2 Å². The molecule has 180 valence electrons. The molecule has 0 atom stereocenters. The van der Waals surface area contributed by atoms with Crippen molar-refractivity contribution >= 4 is 39.5 Å². The van der Waals surface area contributed by atoms with E-state index in [1.165, 1.54) is 0 Å². The topological polar surface area (TPSA) is 105 Å². The average molecular weight is 506 g/mol. The van der Waals surface area contributed by atoms with Gasteiger partial charge < -0.3 is 9.64 Å². The molecule has 10 nitrogen and oxygen atoms in total. The minimum absolute atomic E-state index is 0.0793. The van der Waals surface area contributed by atoms with Gasteiger partial charge in [0.15, 0.2) is 9.84 Å². The molecule has 12 heteroatoms. The van der Waals surface area contributed by atoms with E-state index in [0.717, 1.165) is 5.69 Å². The zero-order chi connectivity index (χ0) is 24.0. The molecular weight excluding hydrogens is 482 g/mol. The number of fused-ring (bicyclic) bond motifs is 2. The van der Waals surface area contributed by atoms with E-state index in [9.17, 15) is 18.0 Å². The molecule has 2 aromatic rings. The van der Waals surface area contributed by atoms with Gasteiger partial charge in [0.1, 0.15) is 18.2 Å². The highest BCUT2D eigenvalue weighted by atomic mass is 35.5. The number of rotatable bonds is 5. The summed E-state index contributed by atoms with van der Waals surface area (Å²) >= 11 is 5.95. The van der Waals surface area contributed by atoms with Gasteiger partial charge in [-0.15, -0.1) is 0 Å². The monoisotopic (exact) mass is 505 g/mol. The SMILES string of the molecule is Cc1ncc2n1C(=O)N(N1CCN(C(=O)CCS(=O)(=O)C3=Cc4ccc(Cl)cc4OC3)CC1)C2. The summed E-state index contributed by atoms with van der Waals surface area (Å²) in [5.41, 5.74) is 1.49. The number of hydrogen-bond acceptors (Lipinski definition) is 7. The lowest BCUT2D eigenvalue weighted by Gasteiger charge is -2.38. The van der Waals surface area contributed by atoms with Gasteiger partial charge >= 0.3 is 6.03 Å². The molecule has 0 N–H and O–H groups in total. The summed E-state index contributed by atoms with van der Waals surface area (Å²) in [5.74, 6) is 0.697. The number of ether oxygens (including phenoxy) is 1. The fourth-order valence-corrected chi connectivity index (χ4v) is 5.83. The Morgan fingerprint density at radius 1 is 1.21 bits per heavy atom. The van der Waals surface area contributed by atoms with Gasteiger partial charge in [-0.25, -0.2) is 27.8 Å². The van der Waals surface area contributed by atoms with Gasteiger partial charge in [-0.3, -0.25) is 9.80 Å². The summed E-state index contributed by atoms with van der Waals surface area (Å²) in [6.07, 6.45) is 3.17. The second kappa shape index (κ2) is 8.71. The lowest BCUT2D eigenvalue weighted by atomic mass is 10.1. The standard InChI is InChI=1S/C22H24ClN5O5S/c1-15-24-12-18-13-27(22(30)28(15)18)26-7-5-25(6-8-26)21(29)4-9-34(31,32)19-10-16-2-3-17(23)11-20(16)33-14-19/h2-3,10-12H,4-9,13-14H2,1H3. The first kappa shape index (κ1) is 22.9. The van der Waals surface area contributed by atoms with Gasteiger partial charge in [0.05, 0.1) is 29.1 Å². The van der Waals surface area contributed by atoms with Gasteiger partial charge in [-0.2, -0.15) is 0 Å². The van der Waals surface area contributed by atoms with Crippen LogP contribution >= 0.6 is 11.6 Å². The van der Waals surface area contributed by atoms with Crippen molar-refractivity contribution in [2.75, 3.05) is 38.5 Å². The number of nitrogens with zero attached hydrogens (tertiary/aromatic N) is 5. The first-order valence-electron chi connectivity index (χ1n) is 11.0. The van der Waals surface area contributed by atoms with Crippen LogP contribution in [0, 0.1) is 6.92 Å². The second-order valence-corrected chi connectivity index (χ2v) is 11.1. The van der Waals surface area contributed by atoms with Crippen molar-refractivity contribution in [1.29, 1.82) is 0 Å². The summed E-state index contributed by atoms with van der Waals surface area (Å²) < 4.78 is 32.8. The molecule has 1 saturated heterocycles. The van der Waals surface area contributed by atoms with Gasteiger partial charge in [-0.1, -0.05) is 11.6 Å². The number of sulfone groups is 1. The summed E-state index contributed by atoms with van der Waals surface area (Å²) in [5, 5.41) is 4.12. The van der Waals surface area contributed by atoms with Crippen molar-refractivity contribution in [1.82, 2.24) is 24.5 Å². The molecule has 1 aromatic carbocycles. The van der Waals surface area contributed by atoms with Crippen LogP contribution in [-0.4, -0.2) is 83.4 Å². The zero-order valence-corrected chi connectivity index (χ0v) is 20.2. The van der Waals surface area contributed by atoms with Crippen LogP contribution in [0.2, 0.25) is 5.02 Å². The molecule has 5 rings (SSSR count). The van der Waals surface area contributed by atoms with Crippen LogP contribution in [-0.2, 0) is 21.2 Å². The summed E-state index contributed by atoms with van der Waals surface area (Å²) in [4.78, 5) is 31.4. The van der Waals surface area contributed by atoms with E-state index >= 15 is 0 Å². The molecule has 3 aliphatic heterocycles. The Bertz CT molecular complexity index is 1300. The summed E-state index contributed by atoms with van der Waals surface area (Å²) in [6.45, 7) is 4.02. The molecule has 34 heavy (non-hydrogen) atoms. The van der Waals surface area contributed by atoms with E-state index in [1.807, 2.05) is 5.01 Å². The Morgan fingerprint density at radius 3 is 2.71 bits per heavy atom. The van der Waals surface area contributed by atoms with Crippen LogP contribution in [0.25, 0.3) is 6.08 Å². The number of carbonyl (C=O) groups is 2. The predicted octanol–water partition coefficient (Wildman–Crippen LogP) is 1.93.